The zero-order valence-corrected chi connectivity index (χ0v) is 11.3. The average molecular weight is 314 g/mol. The molecule has 0 aromatic heterocycles. The molecule has 0 aliphatic heterocycles. The van der Waals surface area contributed by atoms with E-state index in [9.17, 15) is 18.0 Å². The first-order chi connectivity index (χ1) is 9.99. The van der Waals surface area contributed by atoms with Crippen LogP contribution in [0.2, 0.25) is 0 Å². The van der Waals surface area contributed by atoms with Gasteiger partial charge in [0.05, 0.1) is 5.69 Å². The number of hydrogen-bond acceptors (Lipinski definition) is 2. The molecular weight excluding hydrogens is 305 g/mol. The van der Waals surface area contributed by atoms with Gasteiger partial charge in [-0.25, -0.2) is 16.6 Å². The number of nitrogens with zero attached hydrogens (tertiary/aromatic N) is 2. The lowest BCUT2D eigenvalue weighted by molar-refractivity contribution is -0.136. The van der Waals surface area contributed by atoms with Crippen LogP contribution in [0.5, 0.6) is 0 Å². The van der Waals surface area contributed by atoms with E-state index in [-0.39, 0.29) is 5.69 Å². The summed E-state index contributed by atoms with van der Waals surface area (Å²) in [6, 6.07) is 13.8. The van der Waals surface area contributed by atoms with Gasteiger partial charge in [0.1, 0.15) is 0 Å². The zero-order valence-electron chi connectivity index (χ0n) is 10.5. The van der Waals surface area contributed by atoms with Crippen molar-refractivity contribution in [3.8, 4) is 0 Å². The van der Waals surface area contributed by atoms with Crippen LogP contribution in [-0.4, -0.2) is 6.08 Å². The van der Waals surface area contributed by atoms with Crippen molar-refractivity contribution in [2.75, 3.05) is 0 Å². The smallest absolute Gasteiger partial charge is 0.415 e. The maximum Gasteiger partial charge on any atom is 0.415 e. The molecule has 0 bridgehead atoms. The second-order valence-electron chi connectivity index (χ2n) is 3.64. The first-order valence-corrected chi connectivity index (χ1v) is 5.94. The Morgan fingerprint density at radius 2 is 1.57 bits per heavy atom. The van der Waals surface area contributed by atoms with Crippen LogP contribution in [0.1, 0.15) is 5.56 Å². The van der Waals surface area contributed by atoms with E-state index in [0.717, 1.165) is 6.07 Å². The van der Waals surface area contributed by atoms with E-state index in [1.165, 1.54) is 24.3 Å². The van der Waals surface area contributed by atoms with Gasteiger partial charge in [0, 0.05) is 5.56 Å². The molecule has 2 aromatic carbocycles. The zero-order chi connectivity index (χ0) is 15.7. The molecule has 7 heteroatoms. The first kappa shape index (κ1) is 16.8. The summed E-state index contributed by atoms with van der Waals surface area (Å²) in [4.78, 5) is 16.1. The van der Waals surface area contributed by atoms with Gasteiger partial charge in [-0.1, -0.05) is 42.5 Å². The minimum Gasteiger partial charge on any atom is -0.601 e. The van der Waals surface area contributed by atoms with Gasteiger partial charge in [0.25, 0.3) is 0 Å². The Kier molecular flexibility index (Phi) is 6.46. The van der Waals surface area contributed by atoms with E-state index in [1.807, 2.05) is 18.2 Å². The molecule has 21 heavy (non-hydrogen) atoms. The molecule has 0 unspecified atom stereocenters. The van der Waals surface area contributed by atoms with Gasteiger partial charge >= 0.3 is 6.18 Å². The quantitative estimate of drug-likeness (QED) is 0.532. The number of rotatable bonds is 2. The van der Waals surface area contributed by atoms with Crippen LogP contribution in [0.15, 0.2) is 59.6 Å². The van der Waals surface area contributed by atoms with E-state index in [2.05, 4.69) is 9.83 Å². The van der Waals surface area contributed by atoms with E-state index in [0.29, 0.717) is 5.69 Å². The molecule has 2 aromatic rings. The molecule has 0 spiro atoms. The van der Waals surface area contributed by atoms with Crippen molar-refractivity contribution in [2.24, 2.45) is 4.99 Å². The fourth-order valence-electron chi connectivity index (χ4n) is 1.34. The molecule has 2 rings (SSSR count). The van der Waals surface area contributed by atoms with Crippen molar-refractivity contribution in [1.82, 2.24) is 0 Å². The lowest BCUT2D eigenvalue weighted by Gasteiger charge is -2.19. The summed E-state index contributed by atoms with van der Waals surface area (Å²) in [6.45, 7) is 0. The number of benzene rings is 2. The molecule has 0 N–H and O–H groups in total. The molecule has 0 heterocycles. The summed E-state index contributed by atoms with van der Waals surface area (Å²) in [7, 11) is 0. The minimum absolute atomic E-state index is 0.258. The molecule has 0 fully saturated rings. The molecule has 0 atom stereocenters. The lowest BCUT2D eigenvalue weighted by atomic mass is 10.2. The summed E-state index contributed by atoms with van der Waals surface area (Å²) in [5.41, 5.74) is -0.431. The van der Waals surface area contributed by atoms with Gasteiger partial charge in [-0.3, -0.25) is 0 Å². The third-order valence-electron chi connectivity index (χ3n) is 2.23. The van der Waals surface area contributed by atoms with Crippen LogP contribution >= 0.6 is 11.8 Å². The van der Waals surface area contributed by atoms with Crippen molar-refractivity contribution < 1.29 is 18.0 Å². The number of halogens is 4. The molecule has 0 saturated carbocycles. The molecule has 110 valence electrons. The summed E-state index contributed by atoms with van der Waals surface area (Å²) in [5, 5.41) is 0. The first-order valence-electron chi connectivity index (χ1n) is 5.60. The summed E-state index contributed by atoms with van der Waals surface area (Å²) in [5.74, 6) is 0. The molecular formula is C14H9ClF3N2O-. The molecule has 0 saturated heterocycles. The third kappa shape index (κ3) is 5.69. The predicted octanol–water partition coefficient (Wildman–Crippen LogP) is 5.52. The Balaban J connectivity index is 0.000000219. The Labute approximate surface area is 124 Å². The third-order valence-corrected chi connectivity index (χ3v) is 2.41. The summed E-state index contributed by atoms with van der Waals surface area (Å²) >= 11 is 4.96. The largest absolute Gasteiger partial charge is 0.601 e. The number of alkyl halides is 3. The molecule has 0 radical (unpaired) electrons. The molecule has 3 nitrogen and oxygen atoms in total. The van der Waals surface area contributed by atoms with Crippen LogP contribution in [0.3, 0.4) is 0 Å². The Morgan fingerprint density at radius 1 is 1.00 bits per heavy atom. The van der Waals surface area contributed by atoms with Crippen molar-refractivity contribution in [1.29, 1.82) is 0 Å². The Hall–Kier alpha value is -2.30. The second kappa shape index (κ2) is 8.09. The van der Waals surface area contributed by atoms with E-state index in [1.54, 1.807) is 12.1 Å². The monoisotopic (exact) mass is 313 g/mol. The van der Waals surface area contributed by atoms with Crippen LogP contribution in [0.4, 0.5) is 24.5 Å². The maximum atomic E-state index is 12.1. The van der Waals surface area contributed by atoms with E-state index in [4.69, 9.17) is 11.8 Å². The molecule has 0 aliphatic carbocycles. The van der Waals surface area contributed by atoms with E-state index >= 15 is 0 Å². The number of aliphatic imine (C=N–C) groups is 1. The fourth-order valence-corrected chi connectivity index (χ4v) is 1.49. The minimum atomic E-state index is -4.39. The van der Waals surface area contributed by atoms with Crippen LogP contribution in [0.25, 0.3) is 4.84 Å². The Bertz CT molecular complexity index is 611. The topological polar surface area (TPSA) is 43.5 Å². The lowest BCUT2D eigenvalue weighted by Crippen LogP contribution is -2.04. The molecule has 0 aliphatic rings. The van der Waals surface area contributed by atoms with Crippen molar-refractivity contribution in [3.63, 3.8) is 0 Å². The number of isocyanates is 1. The maximum absolute atomic E-state index is 12.1. The van der Waals surface area contributed by atoms with Gasteiger partial charge in [-0.05, 0) is 12.1 Å². The van der Waals surface area contributed by atoms with Crippen molar-refractivity contribution in [3.05, 3.63) is 65.0 Å². The summed E-state index contributed by atoms with van der Waals surface area (Å²) in [6.07, 6.45) is -2.93. The van der Waals surface area contributed by atoms with Gasteiger partial charge in [0.2, 0.25) is 6.08 Å². The van der Waals surface area contributed by atoms with Gasteiger partial charge < -0.3 is 4.84 Å². The number of carbonyl (C=O) groups excluding carboxylic acids is 1. The van der Waals surface area contributed by atoms with Crippen LogP contribution in [0, 0.1) is 0 Å². The second-order valence-corrected chi connectivity index (χ2v) is 3.81. The highest BCUT2D eigenvalue weighted by molar-refractivity contribution is 6.28. The van der Waals surface area contributed by atoms with Gasteiger partial charge in [-0.2, -0.15) is 18.2 Å². The SMILES string of the molecule is FC(F)(F)c1ccccc1[N-]Cl.O=C=Nc1ccccc1. The number of hydrogen-bond donors (Lipinski definition) is 0. The normalized spacial score (nSPS) is 9.90. The molecule has 0 amide bonds. The number of para-hydroxylation sites is 1. The highest BCUT2D eigenvalue weighted by atomic mass is 35.5. The van der Waals surface area contributed by atoms with Crippen LogP contribution in [-0.2, 0) is 11.0 Å². The average Bonchev–Trinajstić information content (AvgIpc) is 2.48. The van der Waals surface area contributed by atoms with Crippen LogP contribution < -0.4 is 0 Å². The van der Waals surface area contributed by atoms with E-state index < -0.39 is 11.7 Å². The van der Waals surface area contributed by atoms with Crippen molar-refractivity contribution >= 4 is 29.2 Å². The Morgan fingerprint density at radius 3 is 2.05 bits per heavy atom. The predicted molar refractivity (Wildman–Crippen MR) is 74.5 cm³/mol. The van der Waals surface area contributed by atoms with Crippen molar-refractivity contribution in [2.45, 2.75) is 6.18 Å². The van der Waals surface area contributed by atoms with Gasteiger partial charge in [-0.15, -0.1) is 5.69 Å². The van der Waals surface area contributed by atoms with Gasteiger partial charge in [0.15, 0.2) is 0 Å². The fraction of sp³-hybridized carbons (Fsp3) is 0.0714. The summed E-state index contributed by atoms with van der Waals surface area (Å²) < 4.78 is 36.4. The standard InChI is InChI=1S/C7H4ClF3N.C7H5NO/c8-12-6-4-2-1-3-5(6)7(9,10)11;9-6-8-7-4-2-1-3-5-7/h1-4H;1-5H/q-1;. The highest BCUT2D eigenvalue weighted by Gasteiger charge is 2.30. The highest BCUT2D eigenvalue weighted by Crippen LogP contribution is 2.38.